The molecule has 0 fully saturated rings. The van der Waals surface area contributed by atoms with Crippen molar-refractivity contribution in [2.75, 3.05) is 5.73 Å². The average molecular weight is 345 g/mol. The Morgan fingerprint density at radius 1 is 1.47 bits per heavy atom. The highest BCUT2D eigenvalue weighted by Gasteiger charge is 2.21. The number of hydrogen-bond acceptors (Lipinski definition) is 4. The lowest BCUT2D eigenvalue weighted by molar-refractivity contribution is 0.560. The van der Waals surface area contributed by atoms with Crippen LogP contribution in [0.25, 0.3) is 0 Å². The monoisotopic (exact) mass is 344 g/mol. The summed E-state index contributed by atoms with van der Waals surface area (Å²) in [4.78, 5) is 7.02. The minimum absolute atomic E-state index is 0.139. The van der Waals surface area contributed by atoms with E-state index in [1.54, 1.807) is 25.4 Å². The maximum absolute atomic E-state index is 12.2. The number of benzene rings is 1. The number of aromatic amines is 1. The van der Waals surface area contributed by atoms with Gasteiger partial charge in [0.05, 0.1) is 10.9 Å². The molecule has 0 saturated carbocycles. The molecule has 0 radical (unpaired) electrons. The van der Waals surface area contributed by atoms with Gasteiger partial charge in [-0.15, -0.1) is 0 Å². The maximum atomic E-state index is 12.2. The molecule has 0 aliphatic heterocycles. The number of halogens is 1. The number of aromatic nitrogens is 2. The summed E-state index contributed by atoms with van der Waals surface area (Å²) in [7, 11) is -3.65. The van der Waals surface area contributed by atoms with Crippen LogP contribution in [0.5, 0.6) is 0 Å². The Hall–Kier alpha value is -1.38. The van der Waals surface area contributed by atoms with Gasteiger partial charge in [0.1, 0.15) is 5.82 Å². The van der Waals surface area contributed by atoms with Crippen molar-refractivity contribution >= 4 is 31.6 Å². The number of hydrogen-bond donors (Lipinski definition) is 3. The first-order valence-electron chi connectivity index (χ1n) is 5.47. The second-order valence-corrected chi connectivity index (χ2v) is 6.54. The van der Waals surface area contributed by atoms with Gasteiger partial charge < -0.3 is 10.7 Å². The molecule has 0 saturated heterocycles. The third-order valence-corrected chi connectivity index (χ3v) is 5.02. The van der Waals surface area contributed by atoms with E-state index in [1.807, 2.05) is 0 Å². The van der Waals surface area contributed by atoms with Gasteiger partial charge in [-0.2, -0.15) is 0 Å². The predicted molar refractivity (Wildman–Crippen MR) is 75.9 cm³/mol. The lowest BCUT2D eigenvalue weighted by Crippen LogP contribution is -2.27. The van der Waals surface area contributed by atoms with Crippen molar-refractivity contribution in [3.63, 3.8) is 0 Å². The second-order valence-electron chi connectivity index (χ2n) is 4.01. The first-order valence-corrected chi connectivity index (χ1v) is 7.74. The lowest BCUT2D eigenvalue weighted by atomic mass is 10.3. The molecule has 2 rings (SSSR count). The van der Waals surface area contributed by atoms with Crippen LogP contribution in [0.3, 0.4) is 0 Å². The Bertz CT molecular complexity index is 670. The highest BCUT2D eigenvalue weighted by molar-refractivity contribution is 9.10. The molecule has 4 N–H and O–H groups in total. The second kappa shape index (κ2) is 5.32. The van der Waals surface area contributed by atoms with E-state index in [0.29, 0.717) is 16.0 Å². The molecule has 1 atom stereocenters. The van der Waals surface area contributed by atoms with Crippen LogP contribution in [0.2, 0.25) is 0 Å². The minimum Gasteiger partial charge on any atom is -0.399 e. The summed E-state index contributed by atoms with van der Waals surface area (Å²) in [6.45, 7) is 1.71. The summed E-state index contributed by atoms with van der Waals surface area (Å²) >= 11 is 3.20. The number of rotatable bonds is 4. The zero-order valence-corrected chi connectivity index (χ0v) is 12.5. The Kier molecular flexibility index (Phi) is 3.93. The van der Waals surface area contributed by atoms with Gasteiger partial charge in [-0.1, -0.05) is 0 Å². The number of nitrogens with zero attached hydrogens (tertiary/aromatic N) is 1. The molecule has 19 heavy (non-hydrogen) atoms. The minimum atomic E-state index is -3.65. The van der Waals surface area contributed by atoms with Crippen LogP contribution in [0.15, 0.2) is 40.0 Å². The summed E-state index contributed by atoms with van der Waals surface area (Å²) in [6.07, 6.45) is 3.21. The van der Waals surface area contributed by atoms with Crippen LogP contribution in [0.1, 0.15) is 18.8 Å². The zero-order valence-electron chi connectivity index (χ0n) is 10.1. The molecule has 0 aliphatic carbocycles. The van der Waals surface area contributed by atoms with Gasteiger partial charge in [0, 0.05) is 22.6 Å². The van der Waals surface area contributed by atoms with Gasteiger partial charge in [-0.25, -0.2) is 18.1 Å². The molecule has 0 aliphatic rings. The smallest absolute Gasteiger partial charge is 0.242 e. The van der Waals surface area contributed by atoms with Crippen molar-refractivity contribution in [2.24, 2.45) is 0 Å². The molecule has 1 aromatic carbocycles. The van der Waals surface area contributed by atoms with E-state index in [9.17, 15) is 8.42 Å². The largest absolute Gasteiger partial charge is 0.399 e. The standard InChI is InChI=1S/C11H13BrN4O2S/c1-7(11-14-4-5-15-11)16-19(17,18)10-3-2-8(13)6-9(10)12/h2-7,16H,13H2,1H3,(H,14,15). The van der Waals surface area contributed by atoms with Crippen LogP contribution in [-0.4, -0.2) is 18.4 Å². The van der Waals surface area contributed by atoms with E-state index in [-0.39, 0.29) is 4.90 Å². The quantitative estimate of drug-likeness (QED) is 0.736. The number of nitrogen functional groups attached to an aromatic ring is 1. The number of nitrogens with one attached hydrogen (secondary N) is 2. The molecular formula is C11H13BrN4O2S. The molecule has 0 amide bonds. The summed E-state index contributed by atoms with van der Waals surface area (Å²) in [5.41, 5.74) is 6.08. The summed E-state index contributed by atoms with van der Waals surface area (Å²) in [6, 6.07) is 4.09. The van der Waals surface area contributed by atoms with Gasteiger partial charge in [-0.05, 0) is 41.1 Å². The van der Waals surface area contributed by atoms with Gasteiger partial charge in [-0.3, -0.25) is 0 Å². The van der Waals surface area contributed by atoms with Crippen molar-refractivity contribution in [1.29, 1.82) is 0 Å². The molecule has 1 unspecified atom stereocenters. The lowest BCUT2D eigenvalue weighted by Gasteiger charge is -2.13. The molecular weight excluding hydrogens is 332 g/mol. The number of anilines is 1. The summed E-state index contributed by atoms with van der Waals surface area (Å²) < 4.78 is 27.5. The molecule has 0 spiro atoms. The van der Waals surface area contributed by atoms with Gasteiger partial charge in [0.15, 0.2) is 0 Å². The van der Waals surface area contributed by atoms with E-state index in [2.05, 4.69) is 30.6 Å². The van der Waals surface area contributed by atoms with Crippen molar-refractivity contribution in [3.8, 4) is 0 Å². The fourth-order valence-electron chi connectivity index (χ4n) is 1.60. The van der Waals surface area contributed by atoms with Crippen molar-refractivity contribution in [3.05, 3.63) is 40.9 Å². The first-order chi connectivity index (χ1) is 8.90. The fraction of sp³-hybridized carbons (Fsp3) is 0.182. The third-order valence-electron chi connectivity index (χ3n) is 2.51. The predicted octanol–water partition coefficient (Wildman–Crippen LogP) is 1.79. The SMILES string of the molecule is CC(NS(=O)(=O)c1ccc(N)cc1Br)c1ncc[nH]1. The summed E-state index contributed by atoms with van der Waals surface area (Å²) in [5.74, 6) is 0.551. The molecule has 102 valence electrons. The Balaban J connectivity index is 2.28. The van der Waals surface area contributed by atoms with E-state index >= 15 is 0 Å². The normalized spacial score (nSPS) is 13.4. The van der Waals surface area contributed by atoms with E-state index < -0.39 is 16.1 Å². The number of imidazole rings is 1. The number of nitrogens with two attached hydrogens (primary N) is 1. The van der Waals surface area contributed by atoms with Crippen LogP contribution in [0, 0.1) is 0 Å². The molecule has 0 bridgehead atoms. The van der Waals surface area contributed by atoms with Gasteiger partial charge >= 0.3 is 0 Å². The molecule has 1 heterocycles. The van der Waals surface area contributed by atoms with E-state index in [4.69, 9.17) is 5.73 Å². The zero-order chi connectivity index (χ0) is 14.0. The number of H-pyrrole nitrogens is 1. The van der Waals surface area contributed by atoms with Crippen LogP contribution >= 0.6 is 15.9 Å². The molecule has 1 aromatic heterocycles. The highest BCUT2D eigenvalue weighted by Crippen LogP contribution is 2.25. The van der Waals surface area contributed by atoms with Crippen molar-refractivity contribution < 1.29 is 8.42 Å². The van der Waals surface area contributed by atoms with Crippen LogP contribution < -0.4 is 10.5 Å². The molecule has 8 heteroatoms. The Morgan fingerprint density at radius 2 is 2.21 bits per heavy atom. The fourth-order valence-corrected chi connectivity index (χ4v) is 3.90. The molecule has 2 aromatic rings. The maximum Gasteiger partial charge on any atom is 0.242 e. The van der Waals surface area contributed by atoms with Gasteiger partial charge in [0.2, 0.25) is 10.0 Å². The van der Waals surface area contributed by atoms with Crippen LogP contribution in [-0.2, 0) is 10.0 Å². The van der Waals surface area contributed by atoms with E-state index in [0.717, 1.165) is 0 Å². The van der Waals surface area contributed by atoms with E-state index in [1.165, 1.54) is 12.1 Å². The molecule has 6 nitrogen and oxygen atoms in total. The highest BCUT2D eigenvalue weighted by atomic mass is 79.9. The van der Waals surface area contributed by atoms with Crippen LogP contribution in [0.4, 0.5) is 5.69 Å². The number of sulfonamides is 1. The van der Waals surface area contributed by atoms with Gasteiger partial charge in [0.25, 0.3) is 0 Å². The topological polar surface area (TPSA) is 101 Å². The third kappa shape index (κ3) is 3.14. The Morgan fingerprint density at radius 3 is 2.79 bits per heavy atom. The van der Waals surface area contributed by atoms with Crippen molar-refractivity contribution in [1.82, 2.24) is 14.7 Å². The average Bonchev–Trinajstić information content (AvgIpc) is 2.80. The van der Waals surface area contributed by atoms with Crippen molar-refractivity contribution in [2.45, 2.75) is 17.9 Å². The Labute approximate surface area is 119 Å². The summed E-state index contributed by atoms with van der Waals surface area (Å²) in [5, 5.41) is 0. The first kappa shape index (κ1) is 14.0.